The largest absolute Gasteiger partial charge is 0.396 e. The van der Waals surface area contributed by atoms with E-state index in [2.05, 4.69) is 47.7 Å². The lowest BCUT2D eigenvalue weighted by atomic mass is 10.0. The zero-order valence-electron chi connectivity index (χ0n) is 16.3. The van der Waals surface area contributed by atoms with Gasteiger partial charge in [0.2, 0.25) is 5.91 Å². The van der Waals surface area contributed by atoms with Gasteiger partial charge in [0.15, 0.2) is 5.65 Å². The summed E-state index contributed by atoms with van der Waals surface area (Å²) in [6.45, 7) is 8.69. The molecule has 1 aromatic carbocycles. The first-order valence-corrected chi connectivity index (χ1v) is 9.09. The van der Waals surface area contributed by atoms with Gasteiger partial charge in [-0.15, -0.1) is 0 Å². The third-order valence-electron chi connectivity index (χ3n) is 4.92. The molecular formula is C21H26N4O2. The Morgan fingerprint density at radius 1 is 1.19 bits per heavy atom. The third kappa shape index (κ3) is 3.95. The van der Waals surface area contributed by atoms with Gasteiger partial charge in [0.05, 0.1) is 30.1 Å². The summed E-state index contributed by atoms with van der Waals surface area (Å²) >= 11 is 0. The number of nitrogens with one attached hydrogen (secondary N) is 2. The Morgan fingerprint density at radius 3 is 2.56 bits per heavy atom. The number of hydrogen-bond donors (Lipinski definition) is 3. The van der Waals surface area contributed by atoms with Crippen LogP contribution in [0.1, 0.15) is 34.5 Å². The molecule has 0 aliphatic carbocycles. The number of carbonyl (C=O) groups is 1. The number of benzene rings is 1. The highest BCUT2D eigenvalue weighted by Crippen LogP contribution is 2.26. The van der Waals surface area contributed by atoms with E-state index in [4.69, 9.17) is 5.11 Å². The molecule has 6 nitrogen and oxygen atoms in total. The molecule has 2 heterocycles. The molecule has 0 aliphatic rings. The smallest absolute Gasteiger partial charge is 0.226 e. The summed E-state index contributed by atoms with van der Waals surface area (Å²) in [6.07, 6.45) is 1.94. The zero-order chi connectivity index (χ0) is 19.6. The summed E-state index contributed by atoms with van der Waals surface area (Å²) in [4.78, 5) is 16.6. The highest BCUT2D eigenvalue weighted by Gasteiger charge is 2.13. The van der Waals surface area contributed by atoms with E-state index < -0.39 is 0 Å². The number of aryl methyl sites for hydroxylation is 4. The van der Waals surface area contributed by atoms with Gasteiger partial charge in [-0.1, -0.05) is 18.2 Å². The van der Waals surface area contributed by atoms with Crippen molar-refractivity contribution in [1.29, 1.82) is 0 Å². The highest BCUT2D eigenvalue weighted by molar-refractivity contribution is 5.92. The van der Waals surface area contributed by atoms with E-state index >= 15 is 0 Å². The first-order chi connectivity index (χ1) is 12.9. The molecule has 1 amide bonds. The average molecular weight is 366 g/mol. The first-order valence-electron chi connectivity index (χ1n) is 9.09. The van der Waals surface area contributed by atoms with Gasteiger partial charge in [0.1, 0.15) is 0 Å². The number of imidazole rings is 1. The number of amides is 1. The molecule has 3 N–H and O–H groups in total. The van der Waals surface area contributed by atoms with Crippen molar-refractivity contribution >= 4 is 22.9 Å². The number of carbonyl (C=O) groups excluding carboxylic acids is 1. The molecule has 0 bridgehead atoms. The number of fused-ring (bicyclic) bond motifs is 1. The minimum absolute atomic E-state index is 0.0745. The standard InChI is InChI=1S/C21H26N4O2/c1-13-6-5-7-14(2)18(13)11-22-19-10-17(24-20(27)8-9-26)12-25-16(4)15(3)23-21(19)25/h5-7,10,12,22,26H,8-9,11H2,1-4H3,(H,24,27). The van der Waals surface area contributed by atoms with Crippen molar-refractivity contribution in [3.05, 3.63) is 58.5 Å². The van der Waals surface area contributed by atoms with Gasteiger partial charge < -0.3 is 20.1 Å². The molecular weight excluding hydrogens is 340 g/mol. The van der Waals surface area contributed by atoms with E-state index in [9.17, 15) is 4.79 Å². The molecule has 0 unspecified atom stereocenters. The SMILES string of the molecule is Cc1cccc(C)c1CNc1cc(NC(=O)CCO)cn2c(C)c(C)nc12. The molecule has 0 saturated carbocycles. The maximum Gasteiger partial charge on any atom is 0.226 e. The fourth-order valence-corrected chi connectivity index (χ4v) is 3.21. The van der Waals surface area contributed by atoms with Crippen molar-refractivity contribution in [2.45, 2.75) is 40.7 Å². The summed E-state index contributed by atoms with van der Waals surface area (Å²) in [6, 6.07) is 8.17. The van der Waals surface area contributed by atoms with Crippen LogP contribution in [0.3, 0.4) is 0 Å². The van der Waals surface area contributed by atoms with E-state index in [-0.39, 0.29) is 18.9 Å². The molecule has 0 radical (unpaired) electrons. The second kappa shape index (κ2) is 7.80. The van der Waals surface area contributed by atoms with Gasteiger partial charge in [-0.05, 0) is 50.5 Å². The number of aromatic nitrogens is 2. The Hall–Kier alpha value is -2.86. The molecule has 142 valence electrons. The Labute approximate surface area is 159 Å². The van der Waals surface area contributed by atoms with Crippen molar-refractivity contribution in [1.82, 2.24) is 9.38 Å². The van der Waals surface area contributed by atoms with Crippen LogP contribution in [0.25, 0.3) is 5.65 Å². The number of pyridine rings is 1. The van der Waals surface area contributed by atoms with Crippen LogP contribution in [0, 0.1) is 27.7 Å². The van der Waals surface area contributed by atoms with E-state index in [1.165, 1.54) is 16.7 Å². The van der Waals surface area contributed by atoms with Gasteiger partial charge in [0, 0.05) is 18.4 Å². The molecule has 0 spiro atoms. The fourth-order valence-electron chi connectivity index (χ4n) is 3.21. The minimum atomic E-state index is -0.216. The predicted octanol–water partition coefficient (Wildman–Crippen LogP) is 3.50. The molecule has 3 rings (SSSR count). The van der Waals surface area contributed by atoms with Crippen LogP contribution in [0.4, 0.5) is 11.4 Å². The van der Waals surface area contributed by atoms with E-state index in [1.807, 2.05) is 30.5 Å². The van der Waals surface area contributed by atoms with E-state index in [0.29, 0.717) is 12.2 Å². The molecule has 2 aromatic heterocycles. The summed E-state index contributed by atoms with van der Waals surface area (Å²) < 4.78 is 1.98. The molecule has 0 aliphatic heterocycles. The van der Waals surface area contributed by atoms with Crippen LogP contribution in [0.2, 0.25) is 0 Å². The molecule has 0 saturated heterocycles. The van der Waals surface area contributed by atoms with Crippen molar-refractivity contribution < 1.29 is 9.90 Å². The highest BCUT2D eigenvalue weighted by atomic mass is 16.3. The van der Waals surface area contributed by atoms with Crippen LogP contribution in [-0.4, -0.2) is 27.0 Å². The molecule has 0 fully saturated rings. The second-order valence-corrected chi connectivity index (χ2v) is 6.86. The van der Waals surface area contributed by atoms with Gasteiger partial charge in [0.25, 0.3) is 0 Å². The predicted molar refractivity (Wildman–Crippen MR) is 108 cm³/mol. The van der Waals surface area contributed by atoms with Crippen molar-refractivity contribution in [2.24, 2.45) is 0 Å². The van der Waals surface area contributed by atoms with E-state index in [1.54, 1.807) is 0 Å². The number of nitrogens with zero attached hydrogens (tertiary/aromatic N) is 2. The van der Waals surface area contributed by atoms with Crippen LogP contribution < -0.4 is 10.6 Å². The zero-order valence-corrected chi connectivity index (χ0v) is 16.3. The number of hydrogen-bond acceptors (Lipinski definition) is 4. The van der Waals surface area contributed by atoms with Crippen molar-refractivity contribution in [3.63, 3.8) is 0 Å². The maximum absolute atomic E-state index is 11.9. The van der Waals surface area contributed by atoms with Gasteiger partial charge in [-0.3, -0.25) is 4.79 Å². The number of aliphatic hydroxyl groups excluding tert-OH is 1. The molecule has 3 aromatic rings. The van der Waals surface area contributed by atoms with E-state index in [0.717, 1.165) is 22.7 Å². The summed E-state index contributed by atoms with van der Waals surface area (Å²) in [5.74, 6) is -0.216. The van der Waals surface area contributed by atoms with Crippen molar-refractivity contribution in [2.75, 3.05) is 17.2 Å². The van der Waals surface area contributed by atoms with Crippen LogP contribution in [-0.2, 0) is 11.3 Å². The monoisotopic (exact) mass is 366 g/mol. The fraction of sp³-hybridized carbons (Fsp3) is 0.333. The van der Waals surface area contributed by atoms with Gasteiger partial charge in [-0.25, -0.2) is 4.98 Å². The quantitative estimate of drug-likeness (QED) is 0.624. The maximum atomic E-state index is 11.9. The lowest BCUT2D eigenvalue weighted by molar-refractivity contribution is -0.116. The van der Waals surface area contributed by atoms with Crippen LogP contribution in [0.5, 0.6) is 0 Å². The minimum Gasteiger partial charge on any atom is -0.396 e. The molecule has 6 heteroatoms. The van der Waals surface area contributed by atoms with Gasteiger partial charge >= 0.3 is 0 Å². The van der Waals surface area contributed by atoms with Crippen molar-refractivity contribution in [3.8, 4) is 0 Å². The summed E-state index contributed by atoms with van der Waals surface area (Å²) in [7, 11) is 0. The lowest BCUT2D eigenvalue weighted by Crippen LogP contribution is -2.14. The first kappa shape index (κ1) is 18.9. The normalized spacial score (nSPS) is 11.0. The number of rotatable bonds is 6. The number of anilines is 2. The summed E-state index contributed by atoms with van der Waals surface area (Å²) in [5, 5.41) is 15.3. The second-order valence-electron chi connectivity index (χ2n) is 6.86. The third-order valence-corrected chi connectivity index (χ3v) is 4.92. The Balaban J connectivity index is 1.97. The number of aliphatic hydroxyl groups is 1. The van der Waals surface area contributed by atoms with Crippen LogP contribution in [0.15, 0.2) is 30.5 Å². The average Bonchev–Trinajstić information content (AvgIpc) is 2.90. The van der Waals surface area contributed by atoms with Crippen LogP contribution >= 0.6 is 0 Å². The molecule has 0 atom stereocenters. The topological polar surface area (TPSA) is 78.7 Å². The Bertz CT molecular complexity index is 971. The van der Waals surface area contributed by atoms with Gasteiger partial charge in [-0.2, -0.15) is 0 Å². The summed E-state index contributed by atoms with van der Waals surface area (Å²) in [5.41, 5.74) is 8.06. The molecule has 27 heavy (non-hydrogen) atoms. The Morgan fingerprint density at radius 2 is 1.89 bits per heavy atom. The lowest BCUT2D eigenvalue weighted by Gasteiger charge is -2.14. The Kier molecular flexibility index (Phi) is 5.46.